The van der Waals surface area contributed by atoms with Gasteiger partial charge in [-0.2, -0.15) is 0 Å². The Morgan fingerprint density at radius 3 is 1.88 bits per heavy atom. The van der Waals surface area contributed by atoms with Crippen molar-refractivity contribution in [2.45, 2.75) is 106 Å². The van der Waals surface area contributed by atoms with E-state index in [2.05, 4.69) is 15.6 Å². The SMILES string of the molecule is CC(=O)[C@@H](C)N(Cc1csc(C(=O)OC(C)(C)C)c1)C(=O)c1cccc2cc(OC(=O)c3ccc(N=C(NC(=O)OC(C)(C)C)NC(=O)OC(C)(C)C)cc3)ccc12. The van der Waals surface area contributed by atoms with E-state index < -0.39 is 52.9 Å². The summed E-state index contributed by atoms with van der Waals surface area (Å²) in [5.74, 6) is -1.78. The summed E-state index contributed by atoms with van der Waals surface area (Å²) < 4.78 is 21.7. The molecule has 3 amide bonds. The predicted molar refractivity (Wildman–Crippen MR) is 221 cm³/mol. The van der Waals surface area contributed by atoms with Crippen LogP contribution < -0.4 is 15.4 Å². The van der Waals surface area contributed by atoms with Gasteiger partial charge in [-0.3, -0.25) is 20.2 Å². The number of carbonyl (C=O) groups is 6. The zero-order valence-corrected chi connectivity index (χ0v) is 35.4. The van der Waals surface area contributed by atoms with Crippen LogP contribution in [0.5, 0.6) is 5.75 Å². The van der Waals surface area contributed by atoms with Gasteiger partial charge in [-0.15, -0.1) is 11.3 Å². The molecule has 0 spiro atoms. The fourth-order valence-electron chi connectivity index (χ4n) is 5.22. The molecule has 0 aliphatic carbocycles. The number of guanidine groups is 1. The first-order valence-electron chi connectivity index (χ1n) is 18.4. The minimum absolute atomic E-state index is 0.0802. The molecule has 58 heavy (non-hydrogen) atoms. The number of Topliss-reactive ketones (excluding diaryl/α,β-unsaturated/α-hetero) is 1. The number of aliphatic imine (C=N–C) groups is 1. The Kier molecular flexibility index (Phi) is 13.9. The molecule has 1 atom stereocenters. The summed E-state index contributed by atoms with van der Waals surface area (Å²) in [5, 5.41) is 7.76. The van der Waals surface area contributed by atoms with Gasteiger partial charge in [0.05, 0.1) is 17.3 Å². The van der Waals surface area contributed by atoms with E-state index in [1.54, 1.807) is 117 Å². The summed E-state index contributed by atoms with van der Waals surface area (Å²) in [7, 11) is 0. The van der Waals surface area contributed by atoms with Crippen molar-refractivity contribution in [1.82, 2.24) is 15.5 Å². The molecule has 0 saturated heterocycles. The van der Waals surface area contributed by atoms with Crippen LogP contribution in [0.4, 0.5) is 15.3 Å². The van der Waals surface area contributed by atoms with Crippen molar-refractivity contribution in [3.05, 3.63) is 93.7 Å². The highest BCUT2D eigenvalue weighted by atomic mass is 32.1. The standard InChI is InChI=1S/C43H50N4O10S/c1-25(26(2)48)47(23-27-21-34(58-24-27)37(51)55-41(3,4)5)35(49)33-14-12-13-29-22-31(19-20-32(29)33)54-36(50)28-15-17-30(18-16-28)44-38(45-39(52)56-42(6,7)8)46-40(53)57-43(9,10)11/h12-22,24-25H,23H2,1-11H3,(H2,44,45,46,52,53)/t25-/m1/s1. The van der Waals surface area contributed by atoms with E-state index in [1.165, 1.54) is 47.4 Å². The van der Waals surface area contributed by atoms with E-state index in [0.29, 0.717) is 26.8 Å². The third-order valence-corrected chi connectivity index (χ3v) is 8.76. The summed E-state index contributed by atoms with van der Waals surface area (Å²) in [6, 6.07) is 16.8. The average Bonchev–Trinajstić information content (AvgIpc) is 3.56. The van der Waals surface area contributed by atoms with Crippen LogP contribution in [-0.4, -0.2) is 69.5 Å². The molecule has 3 aromatic carbocycles. The maximum absolute atomic E-state index is 14.1. The molecular formula is C43H50N4O10S. The largest absolute Gasteiger partial charge is 0.456 e. The van der Waals surface area contributed by atoms with Crippen molar-refractivity contribution < 1.29 is 47.7 Å². The van der Waals surface area contributed by atoms with Crippen molar-refractivity contribution in [2.24, 2.45) is 4.99 Å². The summed E-state index contributed by atoms with van der Waals surface area (Å²) >= 11 is 1.20. The number of amides is 3. The van der Waals surface area contributed by atoms with Gasteiger partial charge in [0.1, 0.15) is 27.4 Å². The van der Waals surface area contributed by atoms with Crippen LogP contribution in [0.15, 0.2) is 77.1 Å². The van der Waals surface area contributed by atoms with Gasteiger partial charge in [-0.1, -0.05) is 12.1 Å². The number of fused-ring (bicyclic) bond motifs is 1. The molecule has 0 aliphatic heterocycles. The van der Waals surface area contributed by atoms with E-state index in [4.69, 9.17) is 18.9 Å². The molecule has 4 rings (SSSR count). The maximum atomic E-state index is 14.1. The highest BCUT2D eigenvalue weighted by molar-refractivity contribution is 7.12. The highest BCUT2D eigenvalue weighted by Gasteiger charge is 2.28. The van der Waals surface area contributed by atoms with E-state index in [-0.39, 0.29) is 35.3 Å². The smallest absolute Gasteiger partial charge is 0.414 e. The van der Waals surface area contributed by atoms with Gasteiger partial charge in [0.15, 0.2) is 5.78 Å². The number of ketones is 1. The number of thiophene rings is 1. The normalized spacial score (nSPS) is 12.1. The topological polar surface area (TPSA) is 179 Å². The third kappa shape index (κ3) is 13.3. The van der Waals surface area contributed by atoms with Gasteiger partial charge in [0.2, 0.25) is 5.96 Å². The molecule has 2 N–H and O–H groups in total. The predicted octanol–water partition coefficient (Wildman–Crippen LogP) is 8.73. The first-order valence-corrected chi connectivity index (χ1v) is 19.3. The number of nitrogens with one attached hydrogen (secondary N) is 2. The highest BCUT2D eigenvalue weighted by Crippen LogP contribution is 2.28. The Labute approximate surface area is 341 Å². The third-order valence-electron chi connectivity index (χ3n) is 7.80. The molecule has 0 radical (unpaired) electrons. The van der Waals surface area contributed by atoms with Gasteiger partial charge >= 0.3 is 24.1 Å². The van der Waals surface area contributed by atoms with Crippen molar-refractivity contribution >= 4 is 69.6 Å². The molecule has 0 fully saturated rings. The zero-order valence-electron chi connectivity index (χ0n) is 34.6. The molecule has 0 unspecified atom stereocenters. The second-order valence-corrected chi connectivity index (χ2v) is 17.3. The van der Waals surface area contributed by atoms with Crippen LogP contribution in [0.1, 0.15) is 112 Å². The Hall–Kier alpha value is -6.09. The number of benzene rings is 3. The lowest BCUT2D eigenvalue weighted by molar-refractivity contribution is -0.121. The van der Waals surface area contributed by atoms with Crippen LogP contribution in [-0.2, 0) is 25.5 Å². The van der Waals surface area contributed by atoms with Crippen LogP contribution >= 0.6 is 11.3 Å². The number of nitrogens with zero attached hydrogens (tertiary/aromatic N) is 2. The number of carbonyl (C=O) groups excluding carboxylic acids is 6. The second kappa shape index (κ2) is 18.0. The molecule has 1 heterocycles. The lowest BCUT2D eigenvalue weighted by Gasteiger charge is -2.28. The minimum Gasteiger partial charge on any atom is -0.456 e. The summed E-state index contributed by atoms with van der Waals surface area (Å²) in [4.78, 5) is 83.6. The molecule has 14 nitrogen and oxygen atoms in total. The Morgan fingerprint density at radius 1 is 0.741 bits per heavy atom. The zero-order chi connectivity index (χ0) is 43.2. The molecule has 0 bridgehead atoms. The lowest BCUT2D eigenvalue weighted by atomic mass is 10.0. The summed E-state index contributed by atoms with van der Waals surface area (Å²) in [5.41, 5.74) is -0.821. The van der Waals surface area contributed by atoms with E-state index in [0.717, 1.165) is 0 Å². The summed E-state index contributed by atoms with van der Waals surface area (Å²) in [6.45, 7) is 18.6. The molecule has 0 saturated carbocycles. The number of rotatable bonds is 9. The van der Waals surface area contributed by atoms with Gasteiger partial charge in [-0.05, 0) is 152 Å². The van der Waals surface area contributed by atoms with Crippen LogP contribution in [0.3, 0.4) is 0 Å². The van der Waals surface area contributed by atoms with E-state index in [1.807, 2.05) is 0 Å². The average molecular weight is 815 g/mol. The number of hydrogen-bond acceptors (Lipinski definition) is 12. The van der Waals surface area contributed by atoms with Gasteiger partial charge in [0.25, 0.3) is 5.91 Å². The molecule has 308 valence electrons. The quantitative estimate of drug-likeness (QED) is 0.0546. The van der Waals surface area contributed by atoms with Crippen LogP contribution in [0.25, 0.3) is 10.8 Å². The number of ether oxygens (including phenoxy) is 4. The fourth-order valence-corrected chi connectivity index (χ4v) is 5.99. The fraction of sp³-hybridized carbons (Fsp3) is 0.372. The monoisotopic (exact) mass is 814 g/mol. The van der Waals surface area contributed by atoms with Gasteiger partial charge < -0.3 is 23.8 Å². The van der Waals surface area contributed by atoms with Crippen LogP contribution in [0.2, 0.25) is 0 Å². The first kappa shape index (κ1) is 44.6. The van der Waals surface area contributed by atoms with E-state index >= 15 is 0 Å². The Balaban J connectivity index is 1.52. The Bertz CT molecular complexity index is 2190. The van der Waals surface area contributed by atoms with E-state index in [9.17, 15) is 28.8 Å². The van der Waals surface area contributed by atoms with Crippen molar-refractivity contribution in [3.63, 3.8) is 0 Å². The van der Waals surface area contributed by atoms with Crippen molar-refractivity contribution in [1.29, 1.82) is 0 Å². The molecule has 1 aromatic heterocycles. The van der Waals surface area contributed by atoms with Crippen molar-refractivity contribution in [2.75, 3.05) is 0 Å². The number of hydrogen-bond donors (Lipinski definition) is 2. The molecule has 0 aliphatic rings. The van der Waals surface area contributed by atoms with Gasteiger partial charge in [-0.25, -0.2) is 24.2 Å². The molecule has 15 heteroatoms. The van der Waals surface area contributed by atoms with Crippen LogP contribution in [0, 0.1) is 0 Å². The van der Waals surface area contributed by atoms with Crippen molar-refractivity contribution in [3.8, 4) is 5.75 Å². The number of esters is 2. The Morgan fingerprint density at radius 2 is 1.33 bits per heavy atom. The molecule has 4 aromatic rings. The molecular weight excluding hydrogens is 765 g/mol. The van der Waals surface area contributed by atoms with Gasteiger partial charge in [0, 0.05) is 12.1 Å². The first-order chi connectivity index (χ1) is 26.9. The lowest BCUT2D eigenvalue weighted by Crippen LogP contribution is -2.47. The maximum Gasteiger partial charge on any atom is 0.414 e. The number of alkyl carbamates (subject to hydrolysis) is 2. The summed E-state index contributed by atoms with van der Waals surface area (Å²) in [6.07, 6.45) is -1.71. The minimum atomic E-state index is -0.856. The second-order valence-electron chi connectivity index (χ2n) is 16.4.